The van der Waals surface area contributed by atoms with Crippen molar-refractivity contribution in [3.63, 3.8) is 0 Å². The highest BCUT2D eigenvalue weighted by Gasteiger charge is 2.23. The molecule has 1 aliphatic rings. The summed E-state index contributed by atoms with van der Waals surface area (Å²) in [5, 5.41) is 9.83. The van der Waals surface area contributed by atoms with Crippen LogP contribution < -0.4 is 0 Å². The van der Waals surface area contributed by atoms with Gasteiger partial charge in [-0.15, -0.1) is 0 Å². The molecule has 4 nitrogen and oxygen atoms in total. The number of hydrogen-bond donors (Lipinski definition) is 1. The minimum absolute atomic E-state index is 0.0456. The Morgan fingerprint density at radius 1 is 1.50 bits per heavy atom. The predicted octanol–water partition coefficient (Wildman–Crippen LogP) is 3.05. The molecule has 1 aliphatic heterocycles. The number of piperidine rings is 1. The summed E-state index contributed by atoms with van der Waals surface area (Å²) in [6.07, 6.45) is 2.02. The second kappa shape index (κ2) is 7.99. The maximum atomic E-state index is 11.8. The number of carbonyl (C=O) groups is 1. The van der Waals surface area contributed by atoms with Crippen molar-refractivity contribution in [2.24, 2.45) is 5.92 Å². The molecule has 1 N–H and O–H groups in total. The summed E-state index contributed by atoms with van der Waals surface area (Å²) in [6.45, 7) is 4.80. The number of amides is 1. The van der Waals surface area contributed by atoms with Crippen molar-refractivity contribution in [1.29, 1.82) is 0 Å². The van der Waals surface area contributed by atoms with E-state index in [4.69, 9.17) is 0 Å². The van der Waals surface area contributed by atoms with Gasteiger partial charge >= 0.3 is 0 Å². The molecule has 1 fully saturated rings. The number of aliphatic hydroxyl groups is 1. The number of aliphatic hydroxyl groups excluding tert-OH is 1. The molecule has 0 spiro atoms. The lowest BCUT2D eigenvalue weighted by atomic mass is 9.93. The Morgan fingerprint density at radius 3 is 2.95 bits per heavy atom. The second-order valence-electron chi connectivity index (χ2n) is 6.29. The molecule has 1 heterocycles. The Bertz CT molecular complexity index is 505. The highest BCUT2D eigenvalue weighted by Crippen LogP contribution is 2.24. The normalized spacial score (nSPS) is 20.6. The Balaban J connectivity index is 1.96. The zero-order valence-electron chi connectivity index (χ0n) is 13.7. The summed E-state index contributed by atoms with van der Waals surface area (Å²) in [4.78, 5) is 16.8. The van der Waals surface area contributed by atoms with E-state index in [0.29, 0.717) is 5.92 Å². The second-order valence-corrected chi connectivity index (χ2v) is 7.31. The summed E-state index contributed by atoms with van der Waals surface area (Å²) >= 11 is 1.26. The van der Waals surface area contributed by atoms with Crippen LogP contribution >= 0.6 is 11.8 Å². The van der Waals surface area contributed by atoms with E-state index in [2.05, 4.69) is 17.0 Å². The van der Waals surface area contributed by atoms with Crippen molar-refractivity contribution in [1.82, 2.24) is 9.80 Å². The molecule has 1 amide bonds. The highest BCUT2D eigenvalue weighted by atomic mass is 32.2. The van der Waals surface area contributed by atoms with Gasteiger partial charge < -0.3 is 10.0 Å². The van der Waals surface area contributed by atoms with Crippen molar-refractivity contribution < 1.29 is 9.90 Å². The maximum absolute atomic E-state index is 11.8. The van der Waals surface area contributed by atoms with E-state index in [9.17, 15) is 9.90 Å². The Kier molecular flexibility index (Phi) is 6.29. The van der Waals surface area contributed by atoms with Crippen molar-refractivity contribution >= 4 is 17.0 Å². The van der Waals surface area contributed by atoms with Crippen LogP contribution in [0.1, 0.15) is 25.3 Å². The van der Waals surface area contributed by atoms with Crippen LogP contribution in [0, 0.1) is 5.92 Å². The summed E-state index contributed by atoms with van der Waals surface area (Å²) in [5.41, 5.74) is 1.22. The molecule has 0 saturated carbocycles. The van der Waals surface area contributed by atoms with Gasteiger partial charge in [0.1, 0.15) is 0 Å². The van der Waals surface area contributed by atoms with E-state index in [0.717, 1.165) is 37.4 Å². The van der Waals surface area contributed by atoms with Gasteiger partial charge in [-0.25, -0.2) is 0 Å². The van der Waals surface area contributed by atoms with Gasteiger partial charge in [-0.3, -0.25) is 9.69 Å². The zero-order chi connectivity index (χ0) is 16.1. The third-order valence-corrected chi connectivity index (χ3v) is 5.13. The number of carbonyl (C=O) groups excluding carboxylic acids is 1. The number of hydrogen-bond acceptors (Lipinski definition) is 4. The molecule has 0 bridgehead atoms. The van der Waals surface area contributed by atoms with E-state index in [1.807, 2.05) is 19.1 Å². The molecule has 1 aromatic carbocycles. The van der Waals surface area contributed by atoms with Crippen LogP contribution in [0.15, 0.2) is 29.2 Å². The van der Waals surface area contributed by atoms with Crippen LogP contribution in [0.3, 0.4) is 0 Å². The largest absolute Gasteiger partial charge is 0.393 e. The molecule has 1 aromatic rings. The Hall–Kier alpha value is -1.04. The molecular formula is C17H26N2O2S. The lowest BCUT2D eigenvalue weighted by Crippen LogP contribution is -2.39. The maximum Gasteiger partial charge on any atom is 0.285 e. The molecule has 5 heteroatoms. The standard InChI is InChI=1S/C17H26N2O2S/c1-13(20)15-7-5-9-19(12-15)11-14-6-4-8-16(10-14)22-17(21)18(2)3/h4,6,8,10,13,15,20H,5,7,9,11-12H2,1-3H3. The SMILES string of the molecule is CC(O)C1CCCN(Cc2cccc(SC(=O)N(C)C)c2)C1. The number of benzene rings is 1. The van der Waals surface area contributed by atoms with Crippen LogP contribution in [0.2, 0.25) is 0 Å². The van der Waals surface area contributed by atoms with Crippen molar-refractivity contribution in [3.05, 3.63) is 29.8 Å². The van der Waals surface area contributed by atoms with E-state index in [1.165, 1.54) is 17.3 Å². The first kappa shape index (κ1) is 17.3. The molecule has 2 atom stereocenters. The number of nitrogens with zero attached hydrogens (tertiary/aromatic N) is 2. The van der Waals surface area contributed by atoms with Gasteiger partial charge in [0.2, 0.25) is 0 Å². The average molecular weight is 322 g/mol. The highest BCUT2D eigenvalue weighted by molar-refractivity contribution is 8.13. The topological polar surface area (TPSA) is 43.8 Å². The van der Waals surface area contributed by atoms with Crippen molar-refractivity contribution in [3.8, 4) is 0 Å². The third-order valence-electron chi connectivity index (χ3n) is 4.10. The number of thioether (sulfide) groups is 1. The summed E-state index contributed by atoms with van der Waals surface area (Å²) < 4.78 is 0. The van der Waals surface area contributed by atoms with Crippen LogP contribution in [-0.4, -0.2) is 53.4 Å². The van der Waals surface area contributed by atoms with E-state index >= 15 is 0 Å². The monoisotopic (exact) mass is 322 g/mol. The molecule has 0 radical (unpaired) electrons. The molecule has 1 saturated heterocycles. The van der Waals surface area contributed by atoms with Gasteiger partial charge in [-0.2, -0.15) is 0 Å². The molecule has 2 rings (SSSR count). The molecule has 2 unspecified atom stereocenters. The van der Waals surface area contributed by atoms with Crippen molar-refractivity contribution in [2.75, 3.05) is 27.2 Å². The summed E-state index contributed by atoms with van der Waals surface area (Å²) in [5.74, 6) is 0.377. The van der Waals surface area contributed by atoms with E-state index in [1.54, 1.807) is 19.0 Å². The van der Waals surface area contributed by atoms with Crippen LogP contribution in [0.5, 0.6) is 0 Å². The van der Waals surface area contributed by atoms with Crippen LogP contribution in [-0.2, 0) is 6.54 Å². The molecule has 122 valence electrons. The molecule has 22 heavy (non-hydrogen) atoms. The molecule has 0 aliphatic carbocycles. The molecule has 0 aromatic heterocycles. The van der Waals surface area contributed by atoms with Gasteiger partial charge in [0.15, 0.2) is 0 Å². The first-order valence-corrected chi connectivity index (χ1v) is 8.66. The van der Waals surface area contributed by atoms with Gasteiger partial charge in [-0.1, -0.05) is 12.1 Å². The summed E-state index contributed by atoms with van der Waals surface area (Å²) in [7, 11) is 3.53. The third kappa shape index (κ3) is 5.00. The minimum atomic E-state index is -0.234. The fourth-order valence-electron chi connectivity index (χ4n) is 2.79. The van der Waals surface area contributed by atoms with Gasteiger partial charge in [0.05, 0.1) is 6.10 Å². The van der Waals surface area contributed by atoms with Crippen LogP contribution in [0.25, 0.3) is 0 Å². The van der Waals surface area contributed by atoms with Crippen LogP contribution in [0.4, 0.5) is 4.79 Å². The molecular weight excluding hydrogens is 296 g/mol. The van der Waals surface area contributed by atoms with Gasteiger partial charge in [-0.05, 0) is 61.7 Å². The lowest BCUT2D eigenvalue weighted by Gasteiger charge is -2.34. The predicted molar refractivity (Wildman–Crippen MR) is 91.1 cm³/mol. The zero-order valence-corrected chi connectivity index (χ0v) is 14.5. The fraction of sp³-hybridized carbons (Fsp3) is 0.588. The van der Waals surface area contributed by atoms with Gasteiger partial charge in [0.25, 0.3) is 5.24 Å². The number of likely N-dealkylation sites (tertiary alicyclic amines) is 1. The van der Waals surface area contributed by atoms with Gasteiger partial charge in [0, 0.05) is 32.1 Å². The van der Waals surface area contributed by atoms with E-state index < -0.39 is 0 Å². The van der Waals surface area contributed by atoms with E-state index in [-0.39, 0.29) is 11.3 Å². The minimum Gasteiger partial charge on any atom is -0.393 e. The smallest absolute Gasteiger partial charge is 0.285 e. The first-order chi connectivity index (χ1) is 10.5. The lowest BCUT2D eigenvalue weighted by molar-refractivity contribution is 0.0599. The number of rotatable bonds is 4. The average Bonchev–Trinajstić information content (AvgIpc) is 2.47. The Morgan fingerprint density at radius 2 is 2.27 bits per heavy atom. The Labute approximate surface area is 137 Å². The first-order valence-electron chi connectivity index (χ1n) is 7.84. The van der Waals surface area contributed by atoms with Crippen molar-refractivity contribution in [2.45, 2.75) is 37.3 Å². The quantitative estimate of drug-likeness (QED) is 0.865. The summed E-state index contributed by atoms with van der Waals surface area (Å²) in [6, 6.07) is 8.19. The fourth-order valence-corrected chi connectivity index (χ4v) is 3.53.